The minimum Gasteiger partial charge on any atom is -0.467 e. The van der Waals surface area contributed by atoms with E-state index in [1.807, 2.05) is 38.1 Å². The molecule has 0 bridgehead atoms. The van der Waals surface area contributed by atoms with Gasteiger partial charge in [-0.2, -0.15) is 0 Å². The van der Waals surface area contributed by atoms with E-state index in [4.69, 9.17) is 16.0 Å². The summed E-state index contributed by atoms with van der Waals surface area (Å²) in [6, 6.07) is 7.39. The summed E-state index contributed by atoms with van der Waals surface area (Å²) in [6.45, 7) is 5.65. The summed E-state index contributed by atoms with van der Waals surface area (Å²) < 4.78 is 6.20. The highest BCUT2D eigenvalue weighted by Gasteiger charge is 2.20. The van der Waals surface area contributed by atoms with Crippen LogP contribution in [0.15, 0.2) is 34.9 Å². The van der Waals surface area contributed by atoms with Crippen LogP contribution < -0.4 is 5.32 Å². The molecule has 1 amide bonds. The molecule has 0 saturated heterocycles. The second-order valence-corrected chi connectivity index (χ2v) is 6.28. The minimum absolute atomic E-state index is 0.0826. The zero-order valence-electron chi connectivity index (χ0n) is 12.1. The van der Waals surface area contributed by atoms with Gasteiger partial charge in [-0.05, 0) is 38.1 Å². The van der Waals surface area contributed by atoms with Gasteiger partial charge in [0.1, 0.15) is 11.8 Å². The highest BCUT2D eigenvalue weighted by Crippen LogP contribution is 2.31. The number of halogens is 1. The fourth-order valence-electron chi connectivity index (χ4n) is 2.16. The lowest BCUT2D eigenvalue weighted by atomic mass is 10.2. The number of carbonyl (C=O) groups excluding carboxylic acids is 1. The summed E-state index contributed by atoms with van der Waals surface area (Å²) in [5.74, 6) is 0.861. The molecule has 2 rings (SSSR count). The van der Waals surface area contributed by atoms with Crippen LogP contribution in [0, 0.1) is 0 Å². The first-order valence-electron chi connectivity index (χ1n) is 6.95. The topological polar surface area (TPSA) is 45.5 Å². The molecule has 2 heterocycles. The monoisotopic (exact) mass is 326 g/mol. The molecule has 21 heavy (non-hydrogen) atoms. The van der Waals surface area contributed by atoms with E-state index in [0.29, 0.717) is 13.1 Å². The van der Waals surface area contributed by atoms with Crippen molar-refractivity contribution in [3.05, 3.63) is 45.5 Å². The Hall–Kier alpha value is -1.30. The van der Waals surface area contributed by atoms with Crippen LogP contribution >= 0.6 is 22.9 Å². The van der Waals surface area contributed by atoms with Crippen molar-refractivity contribution < 1.29 is 9.21 Å². The maximum atomic E-state index is 12.1. The van der Waals surface area contributed by atoms with Gasteiger partial charge < -0.3 is 9.32 Å². The van der Waals surface area contributed by atoms with Crippen LogP contribution in [-0.2, 0) is 4.79 Å². The van der Waals surface area contributed by atoms with E-state index in [9.17, 15) is 4.79 Å². The van der Waals surface area contributed by atoms with Crippen LogP contribution in [0.5, 0.6) is 0 Å². The first kappa shape index (κ1) is 16.1. The minimum atomic E-state index is -0.156. The van der Waals surface area contributed by atoms with Gasteiger partial charge in [0.05, 0.1) is 17.1 Å². The predicted molar refractivity (Wildman–Crippen MR) is 85.8 cm³/mol. The SMILES string of the molecule is CCN(CC)C(=O)CNC(c1ccco1)c1ccc(Cl)s1. The standard InChI is InChI=1S/C15H19ClN2O2S/c1-3-18(4-2)14(19)10-17-15(11-6-5-9-20-11)12-7-8-13(16)21-12/h5-9,15,17H,3-4,10H2,1-2H3. The maximum Gasteiger partial charge on any atom is 0.236 e. The van der Waals surface area contributed by atoms with E-state index in [0.717, 1.165) is 15.0 Å². The molecule has 0 spiro atoms. The largest absolute Gasteiger partial charge is 0.467 e. The molecular formula is C15H19ClN2O2S. The fraction of sp³-hybridized carbons (Fsp3) is 0.400. The molecule has 0 aliphatic rings. The number of carbonyl (C=O) groups is 1. The van der Waals surface area contributed by atoms with Gasteiger partial charge >= 0.3 is 0 Å². The Balaban J connectivity index is 2.09. The van der Waals surface area contributed by atoms with E-state index in [1.54, 1.807) is 11.2 Å². The van der Waals surface area contributed by atoms with Crippen molar-refractivity contribution >= 4 is 28.8 Å². The Morgan fingerprint density at radius 1 is 1.38 bits per heavy atom. The number of nitrogens with one attached hydrogen (secondary N) is 1. The van der Waals surface area contributed by atoms with E-state index >= 15 is 0 Å². The smallest absolute Gasteiger partial charge is 0.236 e. The number of likely N-dealkylation sites (N-methyl/N-ethyl adjacent to an activating group) is 1. The van der Waals surface area contributed by atoms with Gasteiger partial charge in [0, 0.05) is 18.0 Å². The Labute approximate surface area is 133 Å². The highest BCUT2D eigenvalue weighted by atomic mass is 35.5. The van der Waals surface area contributed by atoms with Crippen LogP contribution in [0.1, 0.15) is 30.5 Å². The molecule has 2 aromatic rings. The van der Waals surface area contributed by atoms with E-state index in [-0.39, 0.29) is 18.5 Å². The van der Waals surface area contributed by atoms with Crippen molar-refractivity contribution in [2.45, 2.75) is 19.9 Å². The predicted octanol–water partition coefficient (Wildman–Crippen LogP) is 3.54. The van der Waals surface area contributed by atoms with Crippen LogP contribution in [0.25, 0.3) is 0 Å². The van der Waals surface area contributed by atoms with Gasteiger partial charge in [0.15, 0.2) is 0 Å². The number of furan rings is 1. The second kappa shape index (κ2) is 7.64. The molecule has 1 N–H and O–H groups in total. The quantitative estimate of drug-likeness (QED) is 0.846. The summed E-state index contributed by atoms with van der Waals surface area (Å²) >= 11 is 7.49. The lowest BCUT2D eigenvalue weighted by Gasteiger charge is -2.21. The third-order valence-corrected chi connectivity index (χ3v) is 4.58. The first-order chi connectivity index (χ1) is 10.2. The van der Waals surface area contributed by atoms with Crippen molar-refractivity contribution in [1.29, 1.82) is 0 Å². The Morgan fingerprint density at radius 3 is 2.67 bits per heavy atom. The van der Waals surface area contributed by atoms with E-state index < -0.39 is 0 Å². The molecule has 2 aromatic heterocycles. The highest BCUT2D eigenvalue weighted by molar-refractivity contribution is 7.16. The lowest BCUT2D eigenvalue weighted by molar-refractivity contribution is -0.129. The van der Waals surface area contributed by atoms with Crippen molar-refractivity contribution in [2.75, 3.05) is 19.6 Å². The second-order valence-electron chi connectivity index (χ2n) is 4.54. The van der Waals surface area contributed by atoms with Gasteiger partial charge in [-0.3, -0.25) is 10.1 Å². The van der Waals surface area contributed by atoms with Gasteiger partial charge in [-0.25, -0.2) is 0 Å². The molecule has 1 atom stereocenters. The number of amides is 1. The number of hydrogen-bond acceptors (Lipinski definition) is 4. The number of thiophene rings is 1. The molecule has 0 fully saturated rings. The van der Waals surface area contributed by atoms with Gasteiger partial charge in [-0.15, -0.1) is 11.3 Å². The third kappa shape index (κ3) is 4.09. The molecular weight excluding hydrogens is 308 g/mol. The van der Waals surface area contributed by atoms with Crippen LogP contribution in [0.3, 0.4) is 0 Å². The molecule has 0 aliphatic heterocycles. The van der Waals surface area contributed by atoms with Crippen molar-refractivity contribution in [3.8, 4) is 0 Å². The molecule has 0 saturated carbocycles. The molecule has 6 heteroatoms. The van der Waals surface area contributed by atoms with Gasteiger partial charge in [0.2, 0.25) is 5.91 Å². The zero-order valence-corrected chi connectivity index (χ0v) is 13.7. The molecule has 114 valence electrons. The number of nitrogens with zero attached hydrogens (tertiary/aromatic N) is 1. The lowest BCUT2D eigenvalue weighted by Crippen LogP contribution is -2.39. The van der Waals surface area contributed by atoms with Crippen molar-refractivity contribution in [3.63, 3.8) is 0 Å². The van der Waals surface area contributed by atoms with Crippen molar-refractivity contribution in [1.82, 2.24) is 10.2 Å². The van der Waals surface area contributed by atoms with Crippen LogP contribution in [0.4, 0.5) is 0 Å². The average Bonchev–Trinajstić information content (AvgIpc) is 3.13. The summed E-state index contributed by atoms with van der Waals surface area (Å²) in [6.07, 6.45) is 1.63. The normalized spacial score (nSPS) is 12.3. The summed E-state index contributed by atoms with van der Waals surface area (Å²) in [5.41, 5.74) is 0. The third-order valence-electron chi connectivity index (χ3n) is 3.28. The summed E-state index contributed by atoms with van der Waals surface area (Å²) in [5, 5.41) is 3.27. The van der Waals surface area contributed by atoms with Gasteiger partial charge in [0.25, 0.3) is 0 Å². The number of hydrogen-bond donors (Lipinski definition) is 1. The van der Waals surface area contributed by atoms with Gasteiger partial charge in [-0.1, -0.05) is 11.6 Å². The molecule has 0 aromatic carbocycles. The zero-order chi connectivity index (χ0) is 15.2. The van der Waals surface area contributed by atoms with Crippen LogP contribution in [-0.4, -0.2) is 30.4 Å². The van der Waals surface area contributed by atoms with E-state index in [2.05, 4.69) is 5.32 Å². The molecule has 1 unspecified atom stereocenters. The van der Waals surface area contributed by atoms with Crippen molar-refractivity contribution in [2.24, 2.45) is 0 Å². The summed E-state index contributed by atoms with van der Waals surface area (Å²) in [7, 11) is 0. The fourth-order valence-corrected chi connectivity index (χ4v) is 3.30. The maximum absolute atomic E-state index is 12.1. The molecule has 4 nitrogen and oxygen atoms in total. The molecule has 0 aliphatic carbocycles. The average molecular weight is 327 g/mol. The Morgan fingerprint density at radius 2 is 2.14 bits per heavy atom. The molecule has 0 radical (unpaired) electrons. The first-order valence-corrected chi connectivity index (χ1v) is 8.15. The van der Waals surface area contributed by atoms with E-state index in [1.165, 1.54) is 11.3 Å². The Kier molecular flexibility index (Phi) is 5.85. The number of rotatable bonds is 7. The summed E-state index contributed by atoms with van der Waals surface area (Å²) in [4.78, 5) is 15.0. The Bertz CT molecular complexity index is 564. The van der Waals surface area contributed by atoms with Crippen LogP contribution in [0.2, 0.25) is 4.34 Å².